The van der Waals surface area contributed by atoms with E-state index >= 15 is 0 Å². The number of hydrogen-bond acceptors (Lipinski definition) is 2. The van der Waals surface area contributed by atoms with Crippen LogP contribution in [0.25, 0.3) is 0 Å². The van der Waals surface area contributed by atoms with Crippen LogP contribution < -0.4 is 5.73 Å². The van der Waals surface area contributed by atoms with Gasteiger partial charge in [0.25, 0.3) is 0 Å². The average molecular weight is 250 g/mol. The summed E-state index contributed by atoms with van der Waals surface area (Å²) < 4.78 is 13.4. The summed E-state index contributed by atoms with van der Waals surface area (Å²) in [6.07, 6.45) is 2.52. The maximum atomic E-state index is 13.4. The van der Waals surface area contributed by atoms with Crippen molar-refractivity contribution in [2.24, 2.45) is 11.8 Å². The molecule has 100 valence electrons. The lowest BCUT2D eigenvalue weighted by atomic mass is 9.86. The fourth-order valence-electron chi connectivity index (χ4n) is 2.70. The highest BCUT2D eigenvalue weighted by Gasteiger charge is 2.21. The Kier molecular flexibility index (Phi) is 4.23. The molecule has 1 fully saturated rings. The van der Waals surface area contributed by atoms with Crippen LogP contribution in [0, 0.1) is 17.7 Å². The smallest absolute Gasteiger partial charge is 0.146 e. The van der Waals surface area contributed by atoms with E-state index in [0.29, 0.717) is 0 Å². The van der Waals surface area contributed by atoms with Gasteiger partial charge in [-0.1, -0.05) is 19.9 Å². The van der Waals surface area contributed by atoms with Crippen LogP contribution in [0.5, 0.6) is 0 Å². The summed E-state index contributed by atoms with van der Waals surface area (Å²) in [7, 11) is 0. The number of halogens is 1. The van der Waals surface area contributed by atoms with Gasteiger partial charge in [-0.25, -0.2) is 4.39 Å². The number of piperidine rings is 1. The summed E-state index contributed by atoms with van der Waals surface area (Å²) in [6.45, 7) is 7.68. The van der Waals surface area contributed by atoms with Crippen LogP contribution in [0.3, 0.4) is 0 Å². The standard InChI is InChI=1S/C15H23FN2/c1-11(2)13-5-7-18(8-6-13)10-12-3-4-15(17)14(16)9-12/h3-4,9,11,13H,5-8,10,17H2,1-2H3. The first kappa shape index (κ1) is 13.3. The molecule has 0 unspecified atom stereocenters. The molecule has 0 spiro atoms. The Morgan fingerprint density at radius 3 is 2.56 bits per heavy atom. The monoisotopic (exact) mass is 250 g/mol. The molecule has 0 saturated carbocycles. The number of nitrogens with zero attached hydrogens (tertiary/aromatic N) is 1. The predicted molar refractivity (Wildman–Crippen MR) is 73.7 cm³/mol. The van der Waals surface area contributed by atoms with Crippen molar-refractivity contribution in [2.75, 3.05) is 18.8 Å². The lowest BCUT2D eigenvalue weighted by Gasteiger charge is -2.33. The molecule has 1 heterocycles. The van der Waals surface area contributed by atoms with Crippen LogP contribution in [-0.2, 0) is 6.54 Å². The zero-order valence-corrected chi connectivity index (χ0v) is 11.3. The Morgan fingerprint density at radius 2 is 2.00 bits per heavy atom. The summed E-state index contributed by atoms with van der Waals surface area (Å²) in [5, 5.41) is 0. The van der Waals surface area contributed by atoms with Crippen LogP contribution in [0.4, 0.5) is 10.1 Å². The number of nitrogen functional groups attached to an aromatic ring is 1. The van der Waals surface area contributed by atoms with Gasteiger partial charge >= 0.3 is 0 Å². The highest BCUT2D eigenvalue weighted by atomic mass is 19.1. The first-order chi connectivity index (χ1) is 8.56. The number of rotatable bonds is 3. The summed E-state index contributed by atoms with van der Waals surface area (Å²) in [4.78, 5) is 2.41. The van der Waals surface area contributed by atoms with Crippen molar-refractivity contribution < 1.29 is 4.39 Å². The van der Waals surface area contributed by atoms with Gasteiger partial charge in [-0.3, -0.25) is 4.90 Å². The molecule has 1 aliphatic heterocycles. The minimum Gasteiger partial charge on any atom is -0.396 e. The number of benzene rings is 1. The van der Waals surface area contributed by atoms with E-state index in [1.807, 2.05) is 6.07 Å². The lowest BCUT2D eigenvalue weighted by Crippen LogP contribution is -2.34. The molecule has 0 aromatic heterocycles. The summed E-state index contributed by atoms with van der Waals surface area (Å²) in [5.74, 6) is 1.33. The van der Waals surface area contributed by atoms with Crippen molar-refractivity contribution in [1.82, 2.24) is 4.90 Å². The van der Waals surface area contributed by atoms with Crippen LogP contribution in [-0.4, -0.2) is 18.0 Å². The van der Waals surface area contributed by atoms with Crippen molar-refractivity contribution in [3.63, 3.8) is 0 Å². The molecule has 3 heteroatoms. The first-order valence-corrected chi connectivity index (χ1v) is 6.82. The fraction of sp³-hybridized carbons (Fsp3) is 0.600. The Morgan fingerprint density at radius 1 is 1.33 bits per heavy atom. The number of likely N-dealkylation sites (tertiary alicyclic amines) is 1. The zero-order chi connectivity index (χ0) is 13.1. The quantitative estimate of drug-likeness (QED) is 0.834. The van der Waals surface area contributed by atoms with Gasteiger partial charge in [-0.15, -0.1) is 0 Å². The summed E-state index contributed by atoms with van der Waals surface area (Å²) in [5.41, 5.74) is 6.74. The van der Waals surface area contributed by atoms with Crippen molar-refractivity contribution >= 4 is 5.69 Å². The second kappa shape index (κ2) is 5.70. The van der Waals surface area contributed by atoms with Crippen LogP contribution >= 0.6 is 0 Å². The van der Waals surface area contributed by atoms with Crippen molar-refractivity contribution in [2.45, 2.75) is 33.2 Å². The van der Waals surface area contributed by atoms with Crippen molar-refractivity contribution in [1.29, 1.82) is 0 Å². The molecule has 0 radical (unpaired) electrons. The Hall–Kier alpha value is -1.09. The van der Waals surface area contributed by atoms with Gasteiger partial charge in [0.05, 0.1) is 5.69 Å². The maximum Gasteiger partial charge on any atom is 0.146 e. The third kappa shape index (κ3) is 3.22. The molecule has 18 heavy (non-hydrogen) atoms. The normalized spacial score (nSPS) is 18.4. The van der Waals surface area contributed by atoms with Crippen LogP contribution in [0.2, 0.25) is 0 Å². The van der Waals surface area contributed by atoms with E-state index in [-0.39, 0.29) is 11.5 Å². The molecule has 1 aromatic rings. The molecule has 0 amide bonds. The third-order valence-corrected chi connectivity index (χ3v) is 4.05. The maximum absolute atomic E-state index is 13.4. The highest BCUT2D eigenvalue weighted by Crippen LogP contribution is 2.25. The Bertz CT molecular complexity index is 395. The van der Waals surface area contributed by atoms with Gasteiger partial charge in [0.1, 0.15) is 5.82 Å². The molecule has 1 aromatic carbocycles. The molecule has 2 nitrogen and oxygen atoms in total. The number of anilines is 1. The second-order valence-electron chi connectivity index (χ2n) is 5.71. The first-order valence-electron chi connectivity index (χ1n) is 6.82. The minimum atomic E-state index is -0.301. The van der Waals surface area contributed by atoms with E-state index in [1.54, 1.807) is 12.1 Å². The molecule has 2 N–H and O–H groups in total. The van der Waals surface area contributed by atoms with Crippen LogP contribution in [0.1, 0.15) is 32.3 Å². The largest absolute Gasteiger partial charge is 0.396 e. The van der Waals surface area contributed by atoms with E-state index < -0.39 is 0 Å². The Labute approximate surface area is 109 Å². The fourth-order valence-corrected chi connectivity index (χ4v) is 2.70. The van der Waals surface area contributed by atoms with Gasteiger partial charge in [0.2, 0.25) is 0 Å². The van der Waals surface area contributed by atoms with E-state index in [9.17, 15) is 4.39 Å². The third-order valence-electron chi connectivity index (χ3n) is 4.05. The molecular formula is C15H23FN2. The van der Waals surface area contributed by atoms with Gasteiger partial charge in [-0.05, 0) is 55.5 Å². The second-order valence-corrected chi connectivity index (χ2v) is 5.71. The van der Waals surface area contributed by atoms with E-state index in [0.717, 1.165) is 37.0 Å². The average Bonchev–Trinajstić information content (AvgIpc) is 2.34. The van der Waals surface area contributed by atoms with Crippen LogP contribution in [0.15, 0.2) is 18.2 Å². The molecule has 0 bridgehead atoms. The molecular weight excluding hydrogens is 227 g/mol. The minimum absolute atomic E-state index is 0.234. The Balaban J connectivity index is 1.89. The summed E-state index contributed by atoms with van der Waals surface area (Å²) in [6, 6.07) is 5.14. The van der Waals surface area contributed by atoms with Crippen molar-refractivity contribution in [3.8, 4) is 0 Å². The molecule has 0 atom stereocenters. The number of nitrogens with two attached hydrogens (primary N) is 1. The lowest BCUT2D eigenvalue weighted by molar-refractivity contribution is 0.152. The van der Waals surface area contributed by atoms with Crippen molar-refractivity contribution in [3.05, 3.63) is 29.6 Å². The molecule has 1 aliphatic rings. The van der Waals surface area contributed by atoms with E-state index in [2.05, 4.69) is 18.7 Å². The molecule has 0 aliphatic carbocycles. The van der Waals surface area contributed by atoms with Gasteiger partial charge in [0, 0.05) is 6.54 Å². The molecule has 1 saturated heterocycles. The van der Waals surface area contributed by atoms with Gasteiger partial charge < -0.3 is 5.73 Å². The highest BCUT2D eigenvalue weighted by molar-refractivity contribution is 5.41. The molecule has 2 rings (SSSR count). The topological polar surface area (TPSA) is 29.3 Å². The summed E-state index contributed by atoms with van der Waals surface area (Å²) >= 11 is 0. The van der Waals surface area contributed by atoms with Gasteiger partial charge in [0.15, 0.2) is 0 Å². The predicted octanol–water partition coefficient (Wildman–Crippen LogP) is 3.28. The van der Waals surface area contributed by atoms with Gasteiger partial charge in [-0.2, -0.15) is 0 Å². The van der Waals surface area contributed by atoms with E-state index in [1.165, 1.54) is 12.8 Å². The van der Waals surface area contributed by atoms with E-state index in [4.69, 9.17) is 5.73 Å². The number of hydrogen-bond donors (Lipinski definition) is 1. The zero-order valence-electron chi connectivity index (χ0n) is 11.3. The SMILES string of the molecule is CC(C)C1CCN(Cc2ccc(N)c(F)c2)CC1.